The highest BCUT2D eigenvalue weighted by Crippen LogP contribution is 2.39. The molecule has 0 amide bonds. The summed E-state index contributed by atoms with van der Waals surface area (Å²) in [6, 6.07) is 8.54. The first-order valence-electron chi connectivity index (χ1n) is 7.48. The number of sulfonamides is 1. The maximum Gasteiger partial charge on any atom is 0.417 e. The van der Waals surface area contributed by atoms with Crippen LogP contribution in [0.1, 0.15) is 24.1 Å². The fourth-order valence-electron chi connectivity index (χ4n) is 2.52. The lowest BCUT2D eigenvalue weighted by Gasteiger charge is -2.27. The van der Waals surface area contributed by atoms with Gasteiger partial charge in [0.2, 0.25) is 10.0 Å². The molecule has 2 aromatic rings. The van der Waals surface area contributed by atoms with Crippen molar-refractivity contribution < 1.29 is 26.3 Å². The molecule has 0 bridgehead atoms. The highest BCUT2D eigenvalue weighted by Gasteiger charge is 2.39. The van der Waals surface area contributed by atoms with E-state index in [0.717, 1.165) is 16.4 Å². The number of alkyl halides is 3. The maximum absolute atomic E-state index is 13.3. The number of ether oxygens (including phenoxy) is 1. The van der Waals surface area contributed by atoms with Crippen LogP contribution < -0.4 is 4.74 Å². The van der Waals surface area contributed by atoms with Gasteiger partial charge in [0.25, 0.3) is 0 Å². The molecule has 0 fully saturated rings. The molecule has 0 aromatic heterocycles. The first kappa shape index (κ1) is 20.5. The second kappa shape index (κ2) is 7.46. The molecule has 0 N–H and O–H groups in total. The van der Waals surface area contributed by atoms with Crippen molar-refractivity contribution in [2.45, 2.75) is 24.0 Å². The molecule has 1 atom stereocenters. The highest BCUT2D eigenvalue weighted by molar-refractivity contribution is 7.89. The first-order valence-corrected chi connectivity index (χ1v) is 9.29. The molecule has 4 nitrogen and oxygen atoms in total. The smallest absolute Gasteiger partial charge is 0.417 e. The summed E-state index contributed by atoms with van der Waals surface area (Å²) in [6.07, 6.45) is -4.86. The average Bonchev–Trinajstić information content (AvgIpc) is 2.59. The van der Waals surface area contributed by atoms with Gasteiger partial charge in [-0.15, -0.1) is 0 Å². The van der Waals surface area contributed by atoms with Gasteiger partial charge in [0.05, 0.1) is 23.6 Å². The maximum atomic E-state index is 13.3. The Morgan fingerprint density at radius 3 is 2.35 bits per heavy atom. The van der Waals surface area contributed by atoms with E-state index in [4.69, 9.17) is 16.3 Å². The zero-order valence-electron chi connectivity index (χ0n) is 14.2. The molecule has 0 aliphatic carbocycles. The van der Waals surface area contributed by atoms with E-state index in [1.165, 1.54) is 14.2 Å². The number of rotatable bonds is 5. The fraction of sp³-hybridized carbons (Fsp3) is 0.294. The number of benzene rings is 2. The third-order valence-corrected chi connectivity index (χ3v) is 6.26. The van der Waals surface area contributed by atoms with Crippen molar-refractivity contribution in [3.05, 3.63) is 58.6 Å². The van der Waals surface area contributed by atoms with Gasteiger partial charge >= 0.3 is 6.18 Å². The molecule has 0 spiro atoms. The minimum absolute atomic E-state index is 0.197. The van der Waals surface area contributed by atoms with Crippen LogP contribution >= 0.6 is 11.6 Å². The summed E-state index contributed by atoms with van der Waals surface area (Å²) in [6.45, 7) is 1.57. The third kappa shape index (κ3) is 3.97. The van der Waals surface area contributed by atoms with Crippen LogP contribution in [0.5, 0.6) is 5.75 Å². The molecule has 2 aromatic carbocycles. The minimum Gasteiger partial charge on any atom is -0.496 e. The van der Waals surface area contributed by atoms with E-state index < -0.39 is 32.7 Å². The summed E-state index contributed by atoms with van der Waals surface area (Å²) in [5.74, 6) is 0.439. The Bertz CT molecular complexity index is 900. The Labute approximate surface area is 155 Å². The quantitative estimate of drug-likeness (QED) is 0.718. The van der Waals surface area contributed by atoms with Gasteiger partial charge < -0.3 is 4.74 Å². The van der Waals surface area contributed by atoms with Crippen LogP contribution in [-0.2, 0) is 16.2 Å². The van der Waals surface area contributed by atoms with Crippen LogP contribution in [0.4, 0.5) is 13.2 Å². The van der Waals surface area contributed by atoms with Crippen molar-refractivity contribution in [3.63, 3.8) is 0 Å². The number of hydrogen-bond acceptors (Lipinski definition) is 3. The standard InChI is InChI=1S/C17H17ClF3NO3S/c1-11(13-6-4-5-7-15(13)25-3)22(2)26(23,24)16-9-8-12(18)10-14(16)17(19,20)21/h4-11H,1-3H3. The monoisotopic (exact) mass is 407 g/mol. The Morgan fingerprint density at radius 2 is 1.77 bits per heavy atom. The number of methoxy groups -OCH3 is 1. The summed E-state index contributed by atoms with van der Waals surface area (Å²) in [7, 11) is -1.79. The molecule has 26 heavy (non-hydrogen) atoms. The van der Waals surface area contributed by atoms with Crippen molar-refractivity contribution in [1.82, 2.24) is 4.31 Å². The SMILES string of the molecule is COc1ccccc1C(C)N(C)S(=O)(=O)c1ccc(Cl)cc1C(F)(F)F. The summed E-state index contributed by atoms with van der Waals surface area (Å²) in [4.78, 5) is -0.848. The van der Waals surface area contributed by atoms with E-state index in [1.807, 2.05) is 0 Å². The predicted molar refractivity (Wildman–Crippen MR) is 92.8 cm³/mol. The van der Waals surface area contributed by atoms with E-state index in [-0.39, 0.29) is 5.02 Å². The van der Waals surface area contributed by atoms with Gasteiger partial charge in [-0.3, -0.25) is 0 Å². The summed E-state index contributed by atoms with van der Waals surface area (Å²) in [5.41, 5.74) is -0.771. The average molecular weight is 408 g/mol. The van der Waals surface area contributed by atoms with Gasteiger partial charge in [-0.2, -0.15) is 17.5 Å². The van der Waals surface area contributed by atoms with Gasteiger partial charge in [0.15, 0.2) is 0 Å². The van der Waals surface area contributed by atoms with Crippen LogP contribution in [0.15, 0.2) is 47.4 Å². The molecule has 9 heteroatoms. The molecule has 0 saturated heterocycles. The molecule has 0 aliphatic rings. The van der Waals surface area contributed by atoms with Gasteiger partial charge in [0, 0.05) is 17.6 Å². The van der Waals surface area contributed by atoms with Gasteiger partial charge in [0.1, 0.15) is 5.75 Å². The normalized spacial score (nSPS) is 13.7. The van der Waals surface area contributed by atoms with Crippen LogP contribution in [0, 0.1) is 0 Å². The first-order chi connectivity index (χ1) is 12.0. The molecule has 0 saturated carbocycles. The fourth-order valence-corrected chi connectivity index (χ4v) is 4.22. The minimum atomic E-state index is -4.86. The van der Waals surface area contributed by atoms with Crippen LogP contribution in [-0.4, -0.2) is 26.9 Å². The Morgan fingerprint density at radius 1 is 1.15 bits per heavy atom. The molecule has 142 valence electrons. The van der Waals surface area contributed by atoms with E-state index in [9.17, 15) is 21.6 Å². The molecule has 0 aliphatic heterocycles. The van der Waals surface area contributed by atoms with Crippen LogP contribution in [0.3, 0.4) is 0 Å². The van der Waals surface area contributed by atoms with Gasteiger partial charge in [-0.25, -0.2) is 8.42 Å². The van der Waals surface area contributed by atoms with E-state index in [0.29, 0.717) is 17.4 Å². The number of nitrogens with zero attached hydrogens (tertiary/aromatic N) is 1. The van der Waals surface area contributed by atoms with Crippen molar-refractivity contribution in [3.8, 4) is 5.75 Å². The Hall–Kier alpha value is -1.77. The van der Waals surface area contributed by atoms with E-state index in [1.54, 1.807) is 31.2 Å². The number of para-hydroxylation sites is 1. The lowest BCUT2D eigenvalue weighted by molar-refractivity contribution is -0.139. The molecule has 1 unspecified atom stereocenters. The van der Waals surface area contributed by atoms with Crippen molar-refractivity contribution in [1.29, 1.82) is 0 Å². The van der Waals surface area contributed by atoms with Crippen LogP contribution in [0.25, 0.3) is 0 Å². The second-order valence-corrected chi connectivity index (χ2v) is 7.98. The van der Waals surface area contributed by atoms with Crippen molar-refractivity contribution in [2.24, 2.45) is 0 Å². The molecule has 0 radical (unpaired) electrons. The number of hydrogen-bond donors (Lipinski definition) is 0. The summed E-state index contributed by atoms with van der Waals surface area (Å²) >= 11 is 5.63. The van der Waals surface area contributed by atoms with Gasteiger partial charge in [-0.05, 0) is 31.2 Å². The Kier molecular flexibility index (Phi) is 5.89. The second-order valence-electron chi connectivity index (χ2n) is 5.58. The molecular formula is C17H17ClF3NO3S. The number of halogens is 4. The molecular weight excluding hydrogens is 391 g/mol. The largest absolute Gasteiger partial charge is 0.496 e. The lowest BCUT2D eigenvalue weighted by atomic mass is 10.1. The Balaban J connectivity index is 2.54. The van der Waals surface area contributed by atoms with Crippen LogP contribution in [0.2, 0.25) is 5.02 Å². The predicted octanol–water partition coefficient (Wildman–Crippen LogP) is 4.75. The molecule has 0 heterocycles. The zero-order valence-corrected chi connectivity index (χ0v) is 15.8. The highest BCUT2D eigenvalue weighted by atomic mass is 35.5. The van der Waals surface area contributed by atoms with Gasteiger partial charge in [-0.1, -0.05) is 29.8 Å². The third-order valence-electron chi connectivity index (χ3n) is 4.04. The summed E-state index contributed by atoms with van der Waals surface area (Å²) in [5, 5.41) is -0.197. The zero-order chi connectivity index (χ0) is 19.7. The molecule has 2 rings (SSSR count). The topological polar surface area (TPSA) is 46.6 Å². The van der Waals surface area contributed by atoms with E-state index in [2.05, 4.69) is 0 Å². The van der Waals surface area contributed by atoms with E-state index >= 15 is 0 Å². The van der Waals surface area contributed by atoms with Crippen molar-refractivity contribution >= 4 is 21.6 Å². The van der Waals surface area contributed by atoms with Crippen molar-refractivity contribution in [2.75, 3.05) is 14.2 Å². The lowest BCUT2D eigenvalue weighted by Crippen LogP contribution is -2.31. The summed E-state index contributed by atoms with van der Waals surface area (Å²) < 4.78 is 71.7.